The van der Waals surface area contributed by atoms with Gasteiger partial charge in [0.15, 0.2) is 0 Å². The highest BCUT2D eigenvalue weighted by Gasteiger charge is 2.18. The molecule has 0 heterocycles. The predicted molar refractivity (Wildman–Crippen MR) is 63.4 cm³/mol. The lowest BCUT2D eigenvalue weighted by atomic mass is 10.1. The number of hydrogen-bond donors (Lipinski definition) is 2. The highest BCUT2D eigenvalue weighted by Crippen LogP contribution is 2.19. The molecule has 0 aliphatic rings. The molecule has 16 heavy (non-hydrogen) atoms. The van der Waals surface area contributed by atoms with Crippen LogP contribution in [0.1, 0.15) is 23.7 Å². The zero-order valence-electron chi connectivity index (χ0n) is 8.84. The molecule has 0 aliphatic carbocycles. The fourth-order valence-electron chi connectivity index (χ4n) is 1.24. The summed E-state index contributed by atoms with van der Waals surface area (Å²) in [6.07, 6.45) is 0.728. The van der Waals surface area contributed by atoms with E-state index in [0.717, 1.165) is 12.5 Å². The van der Waals surface area contributed by atoms with Crippen molar-refractivity contribution in [2.24, 2.45) is 0 Å². The topological polar surface area (TPSA) is 49.3 Å². The summed E-state index contributed by atoms with van der Waals surface area (Å²) < 4.78 is 13.3. The second kappa shape index (κ2) is 5.84. The molecule has 3 nitrogen and oxygen atoms in total. The van der Waals surface area contributed by atoms with Crippen molar-refractivity contribution in [2.45, 2.75) is 19.4 Å². The Labute approximate surface area is 102 Å². The van der Waals surface area contributed by atoms with Gasteiger partial charge >= 0.3 is 0 Å². The van der Waals surface area contributed by atoms with Gasteiger partial charge in [-0.05, 0) is 18.6 Å². The van der Waals surface area contributed by atoms with Crippen molar-refractivity contribution in [1.29, 1.82) is 0 Å². The Morgan fingerprint density at radius 1 is 1.62 bits per heavy atom. The van der Waals surface area contributed by atoms with E-state index in [-0.39, 0.29) is 17.4 Å². The van der Waals surface area contributed by atoms with E-state index in [1.807, 2.05) is 6.92 Å². The van der Waals surface area contributed by atoms with Gasteiger partial charge in [0.25, 0.3) is 5.91 Å². The maximum atomic E-state index is 13.3. The molecule has 1 aromatic carbocycles. The van der Waals surface area contributed by atoms with Gasteiger partial charge in [-0.1, -0.05) is 28.9 Å². The smallest absolute Gasteiger partial charge is 0.258 e. The molecule has 0 aliphatic heterocycles. The number of alkyl halides is 1. The number of halogens is 2. The van der Waals surface area contributed by atoms with Crippen LogP contribution in [-0.4, -0.2) is 22.4 Å². The Hall–Kier alpha value is -1.10. The molecular weight excluding hydrogens is 277 g/mol. The zero-order chi connectivity index (χ0) is 12.1. The predicted octanol–water partition coefficient (Wildman–Crippen LogP) is 2.43. The minimum Gasteiger partial charge on any atom is -0.507 e. The number of carbonyl (C=O) groups excluding carboxylic acids is 1. The molecule has 1 unspecified atom stereocenters. The first-order chi connectivity index (χ1) is 7.60. The van der Waals surface area contributed by atoms with Gasteiger partial charge in [0, 0.05) is 11.4 Å². The molecule has 0 saturated heterocycles. The number of amides is 1. The average Bonchev–Trinajstić information content (AvgIpc) is 2.25. The summed E-state index contributed by atoms with van der Waals surface area (Å²) in [5.74, 6) is -1.66. The second-order valence-electron chi connectivity index (χ2n) is 3.37. The first-order valence-electron chi connectivity index (χ1n) is 4.94. The van der Waals surface area contributed by atoms with Gasteiger partial charge in [0.1, 0.15) is 17.1 Å². The summed E-state index contributed by atoms with van der Waals surface area (Å²) in [7, 11) is 0. The van der Waals surface area contributed by atoms with Crippen LogP contribution in [0.4, 0.5) is 4.39 Å². The van der Waals surface area contributed by atoms with Crippen LogP contribution in [0.2, 0.25) is 0 Å². The highest BCUT2D eigenvalue weighted by atomic mass is 79.9. The summed E-state index contributed by atoms with van der Waals surface area (Å²) in [6.45, 7) is 1.91. The maximum absolute atomic E-state index is 13.3. The van der Waals surface area contributed by atoms with Gasteiger partial charge in [-0.2, -0.15) is 0 Å². The Morgan fingerprint density at radius 2 is 2.31 bits per heavy atom. The molecule has 1 rings (SSSR count). The molecule has 5 heteroatoms. The normalized spacial score (nSPS) is 12.2. The van der Waals surface area contributed by atoms with Gasteiger partial charge in [-0.3, -0.25) is 4.79 Å². The average molecular weight is 290 g/mol. The number of carbonyl (C=O) groups is 1. The van der Waals surface area contributed by atoms with Crippen molar-refractivity contribution in [1.82, 2.24) is 5.32 Å². The van der Waals surface area contributed by atoms with E-state index in [2.05, 4.69) is 21.2 Å². The largest absolute Gasteiger partial charge is 0.507 e. The van der Waals surface area contributed by atoms with Crippen LogP contribution in [0, 0.1) is 5.82 Å². The SMILES string of the molecule is CCC(CBr)NC(=O)c1c(O)cccc1F. The van der Waals surface area contributed by atoms with E-state index < -0.39 is 11.7 Å². The Balaban J connectivity index is 2.88. The van der Waals surface area contributed by atoms with Crippen LogP contribution in [0.15, 0.2) is 18.2 Å². The lowest BCUT2D eigenvalue weighted by molar-refractivity contribution is 0.0933. The highest BCUT2D eigenvalue weighted by molar-refractivity contribution is 9.09. The molecule has 1 aromatic rings. The van der Waals surface area contributed by atoms with Crippen LogP contribution in [-0.2, 0) is 0 Å². The fraction of sp³-hybridized carbons (Fsp3) is 0.364. The van der Waals surface area contributed by atoms with E-state index in [1.165, 1.54) is 12.1 Å². The summed E-state index contributed by atoms with van der Waals surface area (Å²) >= 11 is 3.24. The van der Waals surface area contributed by atoms with Crippen LogP contribution < -0.4 is 5.32 Å². The van der Waals surface area contributed by atoms with Crippen LogP contribution in [0.5, 0.6) is 5.75 Å². The summed E-state index contributed by atoms with van der Waals surface area (Å²) in [5.41, 5.74) is -0.304. The number of nitrogens with one attached hydrogen (secondary N) is 1. The van der Waals surface area contributed by atoms with Gasteiger partial charge in [0.05, 0.1) is 0 Å². The summed E-state index contributed by atoms with van der Waals surface area (Å²) in [5, 5.41) is 12.6. The quantitative estimate of drug-likeness (QED) is 0.837. The van der Waals surface area contributed by atoms with Gasteiger partial charge in [-0.15, -0.1) is 0 Å². The third-order valence-corrected chi connectivity index (χ3v) is 3.01. The van der Waals surface area contributed by atoms with Gasteiger partial charge < -0.3 is 10.4 Å². The number of hydrogen-bond acceptors (Lipinski definition) is 2. The molecular formula is C11H13BrFNO2. The van der Waals surface area contributed by atoms with Crippen molar-refractivity contribution in [3.05, 3.63) is 29.6 Å². The zero-order valence-corrected chi connectivity index (χ0v) is 10.4. The van der Waals surface area contributed by atoms with Gasteiger partial charge in [0.2, 0.25) is 0 Å². The number of phenols is 1. The van der Waals surface area contributed by atoms with Crippen molar-refractivity contribution in [3.8, 4) is 5.75 Å². The second-order valence-corrected chi connectivity index (χ2v) is 4.01. The van der Waals surface area contributed by atoms with E-state index in [4.69, 9.17) is 0 Å². The van der Waals surface area contributed by atoms with E-state index in [1.54, 1.807) is 0 Å². The Bertz CT molecular complexity index is 360. The van der Waals surface area contributed by atoms with Crippen molar-refractivity contribution in [3.63, 3.8) is 0 Å². The number of aromatic hydroxyl groups is 1. The van der Waals surface area contributed by atoms with Crippen molar-refractivity contribution >= 4 is 21.8 Å². The lowest BCUT2D eigenvalue weighted by Crippen LogP contribution is -2.36. The van der Waals surface area contributed by atoms with Crippen molar-refractivity contribution < 1.29 is 14.3 Å². The molecule has 1 atom stereocenters. The third-order valence-electron chi connectivity index (χ3n) is 2.23. The van der Waals surface area contributed by atoms with E-state index in [0.29, 0.717) is 5.33 Å². The summed E-state index contributed by atoms with van der Waals surface area (Å²) in [6, 6.07) is 3.70. The van der Waals surface area contributed by atoms with E-state index >= 15 is 0 Å². The standard InChI is InChI=1S/C11H13BrFNO2/c1-2-7(6-12)14-11(16)10-8(13)4-3-5-9(10)15/h3-5,7,15H,2,6H2,1H3,(H,14,16). The summed E-state index contributed by atoms with van der Waals surface area (Å²) in [4.78, 5) is 11.7. The van der Waals surface area contributed by atoms with E-state index in [9.17, 15) is 14.3 Å². The number of phenolic OH excluding ortho intramolecular Hbond substituents is 1. The fourth-order valence-corrected chi connectivity index (χ4v) is 1.86. The molecule has 0 bridgehead atoms. The van der Waals surface area contributed by atoms with Crippen LogP contribution in [0.25, 0.3) is 0 Å². The molecule has 0 saturated carbocycles. The minimum absolute atomic E-state index is 0.0773. The number of rotatable bonds is 4. The lowest BCUT2D eigenvalue weighted by Gasteiger charge is -2.14. The monoisotopic (exact) mass is 289 g/mol. The minimum atomic E-state index is -0.720. The first kappa shape index (κ1) is 13.0. The molecule has 88 valence electrons. The Morgan fingerprint density at radius 3 is 2.81 bits per heavy atom. The molecule has 0 radical (unpaired) electrons. The van der Waals surface area contributed by atoms with Crippen molar-refractivity contribution in [2.75, 3.05) is 5.33 Å². The molecule has 2 N–H and O–H groups in total. The maximum Gasteiger partial charge on any atom is 0.258 e. The van der Waals surface area contributed by atoms with Crippen LogP contribution in [0.3, 0.4) is 0 Å². The van der Waals surface area contributed by atoms with Gasteiger partial charge in [-0.25, -0.2) is 4.39 Å². The molecule has 0 fully saturated rings. The van der Waals surface area contributed by atoms with Crippen LogP contribution >= 0.6 is 15.9 Å². The third kappa shape index (κ3) is 2.95. The molecule has 1 amide bonds. The molecule has 0 spiro atoms. The molecule has 0 aromatic heterocycles. The Kier molecular flexibility index (Phi) is 4.73. The number of benzene rings is 1. The first-order valence-corrected chi connectivity index (χ1v) is 6.06.